The van der Waals surface area contributed by atoms with Crippen molar-refractivity contribution in [3.63, 3.8) is 0 Å². The Hall–Kier alpha value is -0.980. The Bertz CT molecular complexity index is 559. The van der Waals surface area contributed by atoms with E-state index in [-0.39, 0.29) is 17.0 Å². The van der Waals surface area contributed by atoms with Crippen molar-refractivity contribution in [3.8, 4) is 0 Å². The molecule has 1 aromatic rings. The number of halogens is 1. The molecule has 0 saturated heterocycles. The number of rotatable bonds is 7. The maximum Gasteiger partial charge on any atom is 0.243 e. The molecule has 0 bridgehead atoms. The summed E-state index contributed by atoms with van der Waals surface area (Å²) in [5, 5.41) is 0. The van der Waals surface area contributed by atoms with Crippen LogP contribution >= 0.6 is 0 Å². The van der Waals surface area contributed by atoms with Crippen LogP contribution in [0.5, 0.6) is 0 Å². The highest BCUT2D eigenvalue weighted by molar-refractivity contribution is 7.89. The van der Waals surface area contributed by atoms with E-state index in [4.69, 9.17) is 5.73 Å². The molecule has 0 unspecified atom stereocenters. The number of hydrogen-bond donors (Lipinski definition) is 1. The Balaban J connectivity index is 3.29. The second-order valence-corrected chi connectivity index (χ2v) is 6.66. The fourth-order valence-corrected chi connectivity index (χ4v) is 3.79. The highest BCUT2D eigenvalue weighted by Gasteiger charge is 2.26. The fourth-order valence-electron chi connectivity index (χ4n) is 2.01. The van der Waals surface area contributed by atoms with Gasteiger partial charge in [0.1, 0.15) is 5.82 Å². The Morgan fingerprint density at radius 2 is 1.95 bits per heavy atom. The molecule has 0 atom stereocenters. The highest BCUT2D eigenvalue weighted by Crippen LogP contribution is 2.24. The summed E-state index contributed by atoms with van der Waals surface area (Å²) in [6, 6.07) is 2.76. The first-order valence-electron chi connectivity index (χ1n) is 6.87. The van der Waals surface area contributed by atoms with E-state index < -0.39 is 15.8 Å². The SMILES string of the molecule is CCCCN(CC)S(=O)(=O)c1cc(CN)cc(F)c1C. The molecule has 0 heterocycles. The predicted molar refractivity (Wildman–Crippen MR) is 78.4 cm³/mol. The lowest BCUT2D eigenvalue weighted by atomic mass is 10.1. The van der Waals surface area contributed by atoms with Crippen LogP contribution in [0.3, 0.4) is 0 Å². The van der Waals surface area contributed by atoms with Gasteiger partial charge in [0.2, 0.25) is 10.0 Å². The zero-order valence-corrected chi connectivity index (χ0v) is 13.1. The third-order valence-corrected chi connectivity index (χ3v) is 5.42. The Labute approximate surface area is 120 Å². The molecule has 114 valence electrons. The Morgan fingerprint density at radius 3 is 2.45 bits per heavy atom. The molecule has 0 radical (unpaired) electrons. The van der Waals surface area contributed by atoms with Crippen LogP contribution in [0.15, 0.2) is 17.0 Å². The van der Waals surface area contributed by atoms with E-state index in [1.54, 1.807) is 6.92 Å². The third-order valence-electron chi connectivity index (χ3n) is 3.32. The summed E-state index contributed by atoms with van der Waals surface area (Å²) in [5.41, 5.74) is 6.13. The van der Waals surface area contributed by atoms with Crippen molar-refractivity contribution in [2.75, 3.05) is 13.1 Å². The zero-order valence-electron chi connectivity index (χ0n) is 12.3. The van der Waals surface area contributed by atoms with Crippen molar-refractivity contribution in [2.24, 2.45) is 5.73 Å². The van der Waals surface area contributed by atoms with Gasteiger partial charge in [0.15, 0.2) is 0 Å². The molecular weight excluding hydrogens is 279 g/mol. The van der Waals surface area contributed by atoms with Crippen LogP contribution in [0.25, 0.3) is 0 Å². The summed E-state index contributed by atoms with van der Waals surface area (Å²) < 4.78 is 40.5. The summed E-state index contributed by atoms with van der Waals surface area (Å²) in [6.45, 7) is 6.20. The normalized spacial score (nSPS) is 12.1. The van der Waals surface area contributed by atoms with Gasteiger partial charge in [-0.2, -0.15) is 4.31 Å². The lowest BCUT2D eigenvalue weighted by Crippen LogP contribution is -2.32. The zero-order chi connectivity index (χ0) is 15.3. The molecule has 0 aliphatic heterocycles. The van der Waals surface area contributed by atoms with Crippen molar-refractivity contribution in [1.29, 1.82) is 0 Å². The van der Waals surface area contributed by atoms with Gasteiger partial charge < -0.3 is 5.73 Å². The van der Waals surface area contributed by atoms with E-state index in [0.29, 0.717) is 18.7 Å². The molecular formula is C14H23FN2O2S. The van der Waals surface area contributed by atoms with Crippen LogP contribution in [0, 0.1) is 12.7 Å². The first kappa shape index (κ1) is 17.1. The maximum absolute atomic E-state index is 13.8. The van der Waals surface area contributed by atoms with Crippen LogP contribution in [0.2, 0.25) is 0 Å². The predicted octanol–water partition coefficient (Wildman–Crippen LogP) is 2.40. The molecule has 6 heteroatoms. The quantitative estimate of drug-likeness (QED) is 0.841. The summed E-state index contributed by atoms with van der Waals surface area (Å²) >= 11 is 0. The van der Waals surface area contributed by atoms with E-state index in [1.807, 2.05) is 6.92 Å². The van der Waals surface area contributed by atoms with E-state index in [0.717, 1.165) is 12.8 Å². The van der Waals surface area contributed by atoms with Crippen LogP contribution in [-0.4, -0.2) is 25.8 Å². The molecule has 1 aromatic carbocycles. The first-order valence-corrected chi connectivity index (χ1v) is 8.31. The molecule has 0 aliphatic rings. The van der Waals surface area contributed by atoms with E-state index >= 15 is 0 Å². The van der Waals surface area contributed by atoms with Gasteiger partial charge in [-0.15, -0.1) is 0 Å². The van der Waals surface area contributed by atoms with Crippen LogP contribution in [0.1, 0.15) is 37.8 Å². The molecule has 0 aromatic heterocycles. The van der Waals surface area contributed by atoms with Crippen LogP contribution in [-0.2, 0) is 16.6 Å². The van der Waals surface area contributed by atoms with Gasteiger partial charge in [-0.1, -0.05) is 20.3 Å². The number of unbranched alkanes of at least 4 members (excludes halogenated alkanes) is 1. The molecule has 0 aliphatic carbocycles. The van der Waals surface area contributed by atoms with Crippen molar-refractivity contribution in [3.05, 3.63) is 29.1 Å². The molecule has 2 N–H and O–H groups in total. The molecule has 4 nitrogen and oxygen atoms in total. The highest BCUT2D eigenvalue weighted by atomic mass is 32.2. The van der Waals surface area contributed by atoms with Crippen molar-refractivity contribution < 1.29 is 12.8 Å². The molecule has 1 rings (SSSR count). The summed E-state index contributed by atoms with van der Waals surface area (Å²) in [4.78, 5) is 0.0240. The molecule has 0 spiro atoms. The largest absolute Gasteiger partial charge is 0.326 e. The van der Waals surface area contributed by atoms with Crippen LogP contribution in [0.4, 0.5) is 4.39 Å². The van der Waals surface area contributed by atoms with Gasteiger partial charge in [0, 0.05) is 25.2 Å². The molecule has 0 saturated carbocycles. The lowest BCUT2D eigenvalue weighted by molar-refractivity contribution is 0.418. The van der Waals surface area contributed by atoms with Gasteiger partial charge in [0.25, 0.3) is 0 Å². The topological polar surface area (TPSA) is 63.4 Å². The van der Waals surface area contributed by atoms with Crippen molar-refractivity contribution in [1.82, 2.24) is 4.31 Å². The minimum Gasteiger partial charge on any atom is -0.326 e. The second-order valence-electron chi connectivity index (χ2n) is 4.76. The number of nitrogens with two attached hydrogens (primary N) is 1. The van der Waals surface area contributed by atoms with Gasteiger partial charge in [-0.25, -0.2) is 12.8 Å². The second kappa shape index (κ2) is 7.15. The van der Waals surface area contributed by atoms with Gasteiger partial charge in [-0.3, -0.25) is 0 Å². The van der Waals surface area contributed by atoms with Gasteiger partial charge in [0.05, 0.1) is 4.90 Å². The minimum absolute atomic E-state index is 0.0240. The van der Waals surface area contributed by atoms with Gasteiger partial charge >= 0.3 is 0 Å². The molecule has 0 fully saturated rings. The summed E-state index contributed by atoms with van der Waals surface area (Å²) in [7, 11) is -3.67. The Morgan fingerprint density at radius 1 is 1.30 bits per heavy atom. The van der Waals surface area contributed by atoms with E-state index in [9.17, 15) is 12.8 Å². The maximum atomic E-state index is 13.8. The number of nitrogens with zero attached hydrogens (tertiary/aromatic N) is 1. The van der Waals surface area contributed by atoms with E-state index in [2.05, 4.69) is 0 Å². The lowest BCUT2D eigenvalue weighted by Gasteiger charge is -2.22. The minimum atomic E-state index is -3.67. The standard InChI is InChI=1S/C14H23FN2O2S/c1-4-6-7-17(5-2)20(18,19)14-9-12(10-16)8-13(15)11(14)3/h8-9H,4-7,10,16H2,1-3H3. The smallest absolute Gasteiger partial charge is 0.243 e. The van der Waals surface area contributed by atoms with Crippen molar-refractivity contribution in [2.45, 2.75) is 45.1 Å². The summed E-state index contributed by atoms with van der Waals surface area (Å²) in [6.07, 6.45) is 1.69. The number of benzene rings is 1. The monoisotopic (exact) mass is 302 g/mol. The first-order chi connectivity index (χ1) is 9.38. The molecule has 0 amide bonds. The van der Waals surface area contributed by atoms with Gasteiger partial charge in [-0.05, 0) is 31.0 Å². The average molecular weight is 302 g/mol. The third kappa shape index (κ3) is 3.56. The molecule has 20 heavy (non-hydrogen) atoms. The number of hydrogen-bond acceptors (Lipinski definition) is 3. The number of sulfonamides is 1. The van der Waals surface area contributed by atoms with Crippen LogP contribution < -0.4 is 5.73 Å². The fraction of sp³-hybridized carbons (Fsp3) is 0.571. The summed E-state index contributed by atoms with van der Waals surface area (Å²) in [5.74, 6) is -0.530. The van der Waals surface area contributed by atoms with Crippen molar-refractivity contribution >= 4 is 10.0 Å². The Kier molecular flexibility index (Phi) is 6.10. The average Bonchev–Trinajstić information content (AvgIpc) is 2.42. The van der Waals surface area contributed by atoms with E-state index in [1.165, 1.54) is 23.4 Å².